The molecule has 1 aromatic rings. The third-order valence-corrected chi connectivity index (χ3v) is 6.21. The first-order valence-electron chi connectivity index (χ1n) is 7.09. The van der Waals surface area contributed by atoms with Crippen LogP contribution in [-0.2, 0) is 23.3 Å². The third-order valence-electron chi connectivity index (χ3n) is 4.01. The van der Waals surface area contributed by atoms with Crippen LogP contribution in [0.15, 0.2) is 12.4 Å². The number of rotatable bonds is 8. The number of imidazole rings is 1. The molecule has 0 aliphatic carbocycles. The summed E-state index contributed by atoms with van der Waals surface area (Å²) < 4.78 is 25.2. The molecule has 0 fully saturated rings. The zero-order chi connectivity index (χ0) is 15.4. The second kappa shape index (κ2) is 6.72. The van der Waals surface area contributed by atoms with Crippen molar-refractivity contribution in [1.29, 1.82) is 0 Å². The monoisotopic (exact) mass is 301 g/mol. The highest BCUT2D eigenvalue weighted by molar-refractivity contribution is 7.92. The second-order valence-electron chi connectivity index (χ2n) is 5.88. The van der Waals surface area contributed by atoms with E-state index in [0.717, 1.165) is 31.6 Å². The highest BCUT2D eigenvalue weighted by Gasteiger charge is 2.38. The largest absolute Gasteiger partial charge is 0.338 e. The molecule has 20 heavy (non-hydrogen) atoms. The Bertz CT molecular complexity index is 520. The predicted octanol–water partition coefficient (Wildman–Crippen LogP) is 1.54. The number of hydrogen-bond acceptors (Lipinski definition) is 4. The summed E-state index contributed by atoms with van der Waals surface area (Å²) in [6.45, 7) is 6.50. The molecule has 116 valence electrons. The summed E-state index contributed by atoms with van der Waals surface area (Å²) in [6, 6.07) is -0.0749. The Kier molecular flexibility index (Phi) is 5.77. The SMILES string of the molecule is CCCNC(CCc1nccn1C)C(C)(C)S(C)(=O)=O. The van der Waals surface area contributed by atoms with Gasteiger partial charge in [-0.05, 0) is 33.2 Å². The third kappa shape index (κ3) is 4.06. The van der Waals surface area contributed by atoms with E-state index in [2.05, 4.69) is 17.2 Å². The lowest BCUT2D eigenvalue weighted by Crippen LogP contribution is -2.52. The molecule has 0 bridgehead atoms. The van der Waals surface area contributed by atoms with Crippen LogP contribution in [0.2, 0.25) is 0 Å². The van der Waals surface area contributed by atoms with Crippen molar-refractivity contribution in [3.05, 3.63) is 18.2 Å². The first-order valence-corrected chi connectivity index (χ1v) is 8.98. The Hall–Kier alpha value is -0.880. The van der Waals surface area contributed by atoms with Crippen molar-refractivity contribution in [3.8, 4) is 0 Å². The van der Waals surface area contributed by atoms with Crippen LogP contribution in [0.5, 0.6) is 0 Å². The topological polar surface area (TPSA) is 64.0 Å². The molecule has 0 aliphatic rings. The maximum atomic E-state index is 12.0. The summed E-state index contributed by atoms with van der Waals surface area (Å²) in [5.41, 5.74) is 0. The Morgan fingerprint density at radius 2 is 2.10 bits per heavy atom. The first kappa shape index (κ1) is 17.2. The fourth-order valence-corrected chi connectivity index (χ4v) is 2.90. The molecule has 0 spiro atoms. The van der Waals surface area contributed by atoms with Crippen LogP contribution in [0, 0.1) is 0 Å². The van der Waals surface area contributed by atoms with Crippen molar-refractivity contribution < 1.29 is 8.42 Å². The van der Waals surface area contributed by atoms with E-state index in [9.17, 15) is 8.42 Å². The van der Waals surface area contributed by atoms with Crippen molar-refractivity contribution in [2.24, 2.45) is 7.05 Å². The molecule has 1 atom stereocenters. The molecule has 5 nitrogen and oxygen atoms in total. The van der Waals surface area contributed by atoms with E-state index in [-0.39, 0.29) is 6.04 Å². The number of sulfone groups is 1. The van der Waals surface area contributed by atoms with Gasteiger partial charge in [0.2, 0.25) is 0 Å². The fraction of sp³-hybridized carbons (Fsp3) is 0.786. The lowest BCUT2D eigenvalue weighted by atomic mass is 9.97. The molecule has 0 saturated carbocycles. The molecule has 0 amide bonds. The van der Waals surface area contributed by atoms with E-state index < -0.39 is 14.6 Å². The maximum absolute atomic E-state index is 12.0. The molecule has 0 aromatic carbocycles. The van der Waals surface area contributed by atoms with Gasteiger partial charge in [-0.1, -0.05) is 6.92 Å². The molecule has 1 unspecified atom stereocenters. The quantitative estimate of drug-likeness (QED) is 0.791. The summed E-state index contributed by atoms with van der Waals surface area (Å²) in [6.07, 6.45) is 7.50. The van der Waals surface area contributed by atoms with Crippen LogP contribution in [0.1, 0.15) is 39.4 Å². The normalized spacial score (nSPS) is 14.4. The Morgan fingerprint density at radius 1 is 1.45 bits per heavy atom. The van der Waals surface area contributed by atoms with Gasteiger partial charge in [-0.25, -0.2) is 13.4 Å². The average molecular weight is 301 g/mol. The van der Waals surface area contributed by atoms with Crippen LogP contribution in [0.3, 0.4) is 0 Å². The van der Waals surface area contributed by atoms with Gasteiger partial charge < -0.3 is 9.88 Å². The molecule has 0 saturated heterocycles. The molecule has 1 rings (SSSR count). The van der Waals surface area contributed by atoms with E-state index in [1.54, 1.807) is 20.0 Å². The summed E-state index contributed by atoms with van der Waals surface area (Å²) in [4.78, 5) is 4.30. The van der Waals surface area contributed by atoms with E-state index in [1.165, 1.54) is 6.26 Å². The molecule has 0 radical (unpaired) electrons. The van der Waals surface area contributed by atoms with Gasteiger partial charge >= 0.3 is 0 Å². The van der Waals surface area contributed by atoms with Crippen molar-refractivity contribution in [2.45, 2.75) is 50.8 Å². The van der Waals surface area contributed by atoms with Gasteiger partial charge in [-0.3, -0.25) is 0 Å². The molecule has 1 heterocycles. The van der Waals surface area contributed by atoms with Crippen LogP contribution in [0.4, 0.5) is 0 Å². The van der Waals surface area contributed by atoms with E-state index >= 15 is 0 Å². The molecule has 1 aromatic heterocycles. The number of nitrogens with zero attached hydrogens (tertiary/aromatic N) is 2. The zero-order valence-corrected chi connectivity index (χ0v) is 14.0. The summed E-state index contributed by atoms with van der Waals surface area (Å²) in [7, 11) is -1.17. The highest BCUT2D eigenvalue weighted by Crippen LogP contribution is 2.23. The van der Waals surface area contributed by atoms with E-state index in [0.29, 0.717) is 0 Å². The number of hydrogen-bond donors (Lipinski definition) is 1. The van der Waals surface area contributed by atoms with Gasteiger partial charge in [0.1, 0.15) is 5.82 Å². The molecule has 1 N–H and O–H groups in total. The number of aryl methyl sites for hydroxylation is 2. The van der Waals surface area contributed by atoms with Gasteiger partial charge in [0.25, 0.3) is 0 Å². The Morgan fingerprint density at radius 3 is 2.55 bits per heavy atom. The average Bonchev–Trinajstić information content (AvgIpc) is 2.73. The van der Waals surface area contributed by atoms with Crippen molar-refractivity contribution in [3.63, 3.8) is 0 Å². The van der Waals surface area contributed by atoms with Gasteiger partial charge in [-0.15, -0.1) is 0 Å². The van der Waals surface area contributed by atoms with Crippen molar-refractivity contribution in [2.75, 3.05) is 12.8 Å². The van der Waals surface area contributed by atoms with E-state index in [1.807, 2.05) is 17.8 Å². The number of nitrogens with one attached hydrogen (secondary N) is 1. The van der Waals surface area contributed by atoms with Crippen molar-refractivity contribution >= 4 is 9.84 Å². The first-order chi connectivity index (χ1) is 9.20. The minimum atomic E-state index is -3.12. The standard InChI is InChI=1S/C14H27N3O2S/c1-6-9-15-12(14(2,3)20(5,18)19)7-8-13-16-10-11-17(13)4/h10-12,15H,6-9H2,1-5H3. The minimum absolute atomic E-state index is 0.0749. The van der Waals surface area contributed by atoms with Gasteiger partial charge in [-0.2, -0.15) is 0 Å². The lowest BCUT2D eigenvalue weighted by molar-refractivity contribution is 0.385. The van der Waals surface area contributed by atoms with Crippen molar-refractivity contribution in [1.82, 2.24) is 14.9 Å². The maximum Gasteiger partial charge on any atom is 0.154 e. The van der Waals surface area contributed by atoms with E-state index in [4.69, 9.17) is 0 Å². The summed E-state index contributed by atoms with van der Waals surface area (Å²) in [5, 5.41) is 3.38. The van der Waals surface area contributed by atoms with Crippen LogP contribution in [-0.4, -0.2) is 41.6 Å². The molecule has 0 aliphatic heterocycles. The predicted molar refractivity (Wildman–Crippen MR) is 82.5 cm³/mol. The summed E-state index contributed by atoms with van der Waals surface area (Å²) in [5.74, 6) is 0.984. The molecule has 6 heteroatoms. The smallest absolute Gasteiger partial charge is 0.154 e. The molecular formula is C14H27N3O2S. The highest BCUT2D eigenvalue weighted by atomic mass is 32.2. The zero-order valence-electron chi connectivity index (χ0n) is 13.2. The lowest BCUT2D eigenvalue weighted by Gasteiger charge is -2.33. The Balaban J connectivity index is 2.82. The molecular weight excluding hydrogens is 274 g/mol. The van der Waals surface area contributed by atoms with Gasteiger partial charge in [0.15, 0.2) is 9.84 Å². The van der Waals surface area contributed by atoms with Crippen LogP contribution in [0.25, 0.3) is 0 Å². The Labute approximate surface area is 122 Å². The van der Waals surface area contributed by atoms with Gasteiger partial charge in [0, 0.05) is 38.2 Å². The minimum Gasteiger partial charge on any atom is -0.338 e. The second-order valence-corrected chi connectivity index (χ2v) is 8.47. The fourth-order valence-electron chi connectivity index (χ4n) is 2.18. The van der Waals surface area contributed by atoms with Gasteiger partial charge in [0.05, 0.1) is 4.75 Å². The number of aromatic nitrogens is 2. The van der Waals surface area contributed by atoms with Crippen LogP contribution < -0.4 is 5.32 Å². The van der Waals surface area contributed by atoms with Crippen LogP contribution >= 0.6 is 0 Å². The summed E-state index contributed by atoms with van der Waals surface area (Å²) >= 11 is 0.